The van der Waals surface area contributed by atoms with E-state index in [-0.39, 0.29) is 0 Å². The summed E-state index contributed by atoms with van der Waals surface area (Å²) in [6.45, 7) is 6.48. The van der Waals surface area contributed by atoms with Crippen LogP contribution in [0, 0.1) is 29.6 Å². The lowest BCUT2D eigenvalue weighted by Crippen LogP contribution is -2.46. The highest BCUT2D eigenvalue weighted by molar-refractivity contribution is 5.76. The zero-order valence-corrected chi connectivity index (χ0v) is 18.3. The predicted molar refractivity (Wildman–Crippen MR) is 124 cm³/mol. The topological polar surface area (TPSA) is 97.1 Å². The van der Waals surface area contributed by atoms with E-state index in [4.69, 9.17) is 4.98 Å². The molecule has 1 saturated heterocycles. The molecule has 3 aromatic heterocycles. The first kappa shape index (κ1) is 20.6. The SMILES string of the molecule is Cc1cccnc1CN1CCN(c2ccn3nc(-c4cccc(C#N)c4)c(C#N)c3n2)CC1. The normalized spacial score (nSPS) is 14.2. The molecule has 0 radical (unpaired) electrons. The number of aryl methyl sites for hydroxylation is 1. The number of rotatable bonds is 4. The number of nitriles is 2. The molecule has 1 fully saturated rings. The van der Waals surface area contributed by atoms with Gasteiger partial charge in [-0.25, -0.2) is 9.50 Å². The fraction of sp³-hybridized carbons (Fsp3) is 0.240. The maximum absolute atomic E-state index is 9.86. The highest BCUT2D eigenvalue weighted by Gasteiger charge is 2.21. The smallest absolute Gasteiger partial charge is 0.175 e. The van der Waals surface area contributed by atoms with Gasteiger partial charge in [0, 0.05) is 50.7 Å². The van der Waals surface area contributed by atoms with E-state index in [1.165, 1.54) is 5.56 Å². The molecule has 0 bridgehead atoms. The van der Waals surface area contributed by atoms with Crippen LogP contribution in [-0.2, 0) is 6.54 Å². The second kappa shape index (κ2) is 8.70. The number of hydrogen-bond acceptors (Lipinski definition) is 7. The number of benzene rings is 1. The molecule has 5 rings (SSSR count). The minimum Gasteiger partial charge on any atom is -0.354 e. The third-order valence-electron chi connectivity index (χ3n) is 6.03. The van der Waals surface area contributed by atoms with Crippen LogP contribution in [0.2, 0.25) is 0 Å². The zero-order valence-electron chi connectivity index (χ0n) is 18.3. The molecule has 1 aliphatic heterocycles. The van der Waals surface area contributed by atoms with Gasteiger partial charge in [0.25, 0.3) is 0 Å². The molecule has 0 amide bonds. The van der Waals surface area contributed by atoms with E-state index < -0.39 is 0 Å². The summed E-state index contributed by atoms with van der Waals surface area (Å²) in [6, 6.07) is 17.5. The fourth-order valence-electron chi connectivity index (χ4n) is 4.17. The van der Waals surface area contributed by atoms with Gasteiger partial charge >= 0.3 is 0 Å². The standard InChI is InChI=1S/C25H22N8/c1-18-4-3-8-28-22(18)17-31-10-12-32(13-11-31)23-7-9-33-25(29-23)21(16-27)24(30-33)20-6-2-5-19(14-20)15-26/h2-9,14H,10-13,17H2,1H3. The van der Waals surface area contributed by atoms with Crippen LogP contribution in [0.5, 0.6) is 0 Å². The van der Waals surface area contributed by atoms with Crippen molar-refractivity contribution in [3.05, 3.63) is 77.2 Å². The van der Waals surface area contributed by atoms with Crippen LogP contribution in [0.15, 0.2) is 54.9 Å². The third kappa shape index (κ3) is 4.00. The molecule has 1 aromatic carbocycles. The maximum atomic E-state index is 9.86. The summed E-state index contributed by atoms with van der Waals surface area (Å²) in [7, 11) is 0. The summed E-state index contributed by atoms with van der Waals surface area (Å²) >= 11 is 0. The van der Waals surface area contributed by atoms with Gasteiger partial charge in [-0.3, -0.25) is 9.88 Å². The van der Waals surface area contributed by atoms with Crippen molar-refractivity contribution >= 4 is 11.5 Å². The average molecular weight is 435 g/mol. The highest BCUT2D eigenvalue weighted by Crippen LogP contribution is 2.27. The van der Waals surface area contributed by atoms with Crippen LogP contribution in [0.4, 0.5) is 5.82 Å². The number of aromatic nitrogens is 4. The van der Waals surface area contributed by atoms with Crippen LogP contribution in [-0.4, -0.2) is 50.7 Å². The Bertz CT molecular complexity index is 1400. The Balaban J connectivity index is 1.37. The van der Waals surface area contributed by atoms with Crippen molar-refractivity contribution in [3.8, 4) is 23.4 Å². The van der Waals surface area contributed by atoms with Crippen molar-refractivity contribution in [2.24, 2.45) is 0 Å². The Morgan fingerprint density at radius 3 is 2.61 bits per heavy atom. The van der Waals surface area contributed by atoms with E-state index in [1.807, 2.05) is 30.6 Å². The van der Waals surface area contributed by atoms with Gasteiger partial charge in [0.2, 0.25) is 0 Å². The molecule has 8 heteroatoms. The number of nitrogens with zero attached hydrogens (tertiary/aromatic N) is 8. The molecular weight excluding hydrogens is 412 g/mol. The molecule has 33 heavy (non-hydrogen) atoms. The van der Waals surface area contributed by atoms with Gasteiger partial charge in [0.15, 0.2) is 5.65 Å². The summed E-state index contributed by atoms with van der Waals surface area (Å²) in [5.74, 6) is 0.838. The lowest BCUT2D eigenvalue weighted by atomic mass is 10.1. The molecule has 0 N–H and O–H groups in total. The Hall–Kier alpha value is -4.27. The molecule has 8 nitrogen and oxygen atoms in total. The van der Waals surface area contributed by atoms with Gasteiger partial charge in [0.05, 0.1) is 17.3 Å². The van der Waals surface area contributed by atoms with E-state index in [0.717, 1.165) is 49.8 Å². The first-order valence-electron chi connectivity index (χ1n) is 10.8. The van der Waals surface area contributed by atoms with E-state index >= 15 is 0 Å². The first-order chi connectivity index (χ1) is 16.2. The monoisotopic (exact) mass is 434 g/mol. The van der Waals surface area contributed by atoms with Gasteiger partial charge < -0.3 is 4.90 Å². The largest absolute Gasteiger partial charge is 0.354 e. The Kier molecular flexibility index (Phi) is 5.43. The van der Waals surface area contributed by atoms with Crippen molar-refractivity contribution in [1.82, 2.24) is 24.5 Å². The van der Waals surface area contributed by atoms with Crippen LogP contribution < -0.4 is 4.90 Å². The predicted octanol–water partition coefficient (Wildman–Crippen LogP) is 3.17. The molecule has 4 heterocycles. The maximum Gasteiger partial charge on any atom is 0.175 e. The Morgan fingerprint density at radius 1 is 1.00 bits per heavy atom. The van der Waals surface area contributed by atoms with Crippen LogP contribution >= 0.6 is 0 Å². The summed E-state index contributed by atoms with van der Waals surface area (Å²) < 4.78 is 1.64. The van der Waals surface area contributed by atoms with Crippen molar-refractivity contribution in [3.63, 3.8) is 0 Å². The van der Waals surface area contributed by atoms with Crippen LogP contribution in [0.3, 0.4) is 0 Å². The van der Waals surface area contributed by atoms with E-state index in [1.54, 1.807) is 22.7 Å². The van der Waals surface area contributed by atoms with Gasteiger partial charge in [0.1, 0.15) is 23.1 Å². The molecule has 1 aliphatic rings. The molecular formula is C25H22N8. The van der Waals surface area contributed by atoms with Gasteiger partial charge in [-0.05, 0) is 36.8 Å². The van der Waals surface area contributed by atoms with Crippen molar-refractivity contribution in [2.75, 3.05) is 31.1 Å². The molecule has 0 spiro atoms. The molecule has 162 valence electrons. The second-order valence-electron chi connectivity index (χ2n) is 8.11. The Labute approximate surface area is 192 Å². The first-order valence-corrected chi connectivity index (χ1v) is 10.8. The number of anilines is 1. The van der Waals surface area contributed by atoms with Crippen LogP contribution in [0.1, 0.15) is 22.4 Å². The molecule has 0 atom stereocenters. The van der Waals surface area contributed by atoms with E-state index in [2.05, 4.69) is 45.0 Å². The summed E-state index contributed by atoms with van der Waals surface area (Å²) in [6.07, 6.45) is 3.70. The lowest BCUT2D eigenvalue weighted by molar-refractivity contribution is 0.246. The van der Waals surface area contributed by atoms with E-state index in [0.29, 0.717) is 22.5 Å². The van der Waals surface area contributed by atoms with Gasteiger partial charge in [-0.15, -0.1) is 0 Å². The minimum atomic E-state index is 0.413. The second-order valence-corrected chi connectivity index (χ2v) is 8.11. The number of pyridine rings is 1. The quantitative estimate of drug-likeness (QED) is 0.487. The summed E-state index contributed by atoms with van der Waals surface area (Å²) in [5.41, 5.74) is 5.08. The number of fused-ring (bicyclic) bond motifs is 1. The van der Waals surface area contributed by atoms with Crippen molar-refractivity contribution in [1.29, 1.82) is 10.5 Å². The zero-order chi connectivity index (χ0) is 22.8. The average Bonchev–Trinajstić information content (AvgIpc) is 3.24. The lowest BCUT2D eigenvalue weighted by Gasteiger charge is -2.35. The minimum absolute atomic E-state index is 0.413. The fourth-order valence-corrected chi connectivity index (χ4v) is 4.17. The van der Waals surface area contributed by atoms with Crippen molar-refractivity contribution in [2.45, 2.75) is 13.5 Å². The van der Waals surface area contributed by atoms with Crippen LogP contribution in [0.25, 0.3) is 16.9 Å². The number of piperazine rings is 1. The molecule has 0 aliphatic carbocycles. The highest BCUT2D eigenvalue weighted by atomic mass is 15.3. The summed E-state index contributed by atoms with van der Waals surface area (Å²) in [4.78, 5) is 14.0. The Morgan fingerprint density at radius 2 is 1.85 bits per heavy atom. The summed E-state index contributed by atoms with van der Waals surface area (Å²) in [5, 5.41) is 23.6. The van der Waals surface area contributed by atoms with Gasteiger partial charge in [-0.1, -0.05) is 18.2 Å². The molecule has 4 aromatic rings. The van der Waals surface area contributed by atoms with Gasteiger partial charge in [-0.2, -0.15) is 15.6 Å². The molecule has 0 unspecified atom stereocenters. The third-order valence-corrected chi connectivity index (χ3v) is 6.03. The van der Waals surface area contributed by atoms with E-state index in [9.17, 15) is 10.5 Å². The van der Waals surface area contributed by atoms with Crippen molar-refractivity contribution < 1.29 is 0 Å². The molecule has 0 saturated carbocycles. The number of hydrogen-bond donors (Lipinski definition) is 0.